The highest BCUT2D eigenvalue weighted by molar-refractivity contribution is 8.06. The van der Waals surface area contributed by atoms with Gasteiger partial charge < -0.3 is 5.32 Å². The number of nitrogens with one attached hydrogen (secondary N) is 2. The highest BCUT2D eigenvalue weighted by Crippen LogP contribution is 2.23. The number of hydrogen-bond acceptors (Lipinski definition) is 4. The van der Waals surface area contributed by atoms with Gasteiger partial charge in [-0.3, -0.25) is 10.4 Å². The Hall–Kier alpha value is -0.0700. The van der Waals surface area contributed by atoms with Gasteiger partial charge in [-0.15, -0.1) is 0 Å². The molecule has 6 heteroatoms. The summed E-state index contributed by atoms with van der Waals surface area (Å²) in [6.45, 7) is 3.89. The van der Waals surface area contributed by atoms with E-state index < -0.39 is 0 Å². The summed E-state index contributed by atoms with van der Waals surface area (Å²) in [4.78, 5) is 4.44. The van der Waals surface area contributed by atoms with Crippen LogP contribution in [0.25, 0.3) is 0 Å². The molecule has 1 heterocycles. The second-order valence-corrected chi connectivity index (χ2v) is 5.89. The van der Waals surface area contributed by atoms with Crippen molar-refractivity contribution in [1.82, 2.24) is 10.7 Å². The fraction of sp³-hybridized carbons (Fsp3) is 0.889. The number of hydrazine groups is 1. The number of hydrogen-bond donors (Lipinski definition) is 3. The van der Waals surface area contributed by atoms with Gasteiger partial charge in [0.05, 0.1) is 6.54 Å². The van der Waals surface area contributed by atoms with Crippen molar-refractivity contribution < 1.29 is 0 Å². The summed E-state index contributed by atoms with van der Waals surface area (Å²) in [5.74, 6) is 9.83. The van der Waals surface area contributed by atoms with Crippen molar-refractivity contribution in [3.63, 3.8) is 0 Å². The lowest BCUT2D eigenvalue weighted by Crippen LogP contribution is -2.42. The average Bonchev–Trinajstić information content (AvgIpc) is 2.31. The van der Waals surface area contributed by atoms with Crippen LogP contribution >= 0.6 is 23.5 Å². The van der Waals surface area contributed by atoms with Crippen LogP contribution in [0.15, 0.2) is 4.99 Å². The molecule has 0 bridgehead atoms. The van der Waals surface area contributed by atoms with Crippen LogP contribution in [-0.4, -0.2) is 41.6 Å². The fourth-order valence-corrected chi connectivity index (χ4v) is 3.81. The summed E-state index contributed by atoms with van der Waals surface area (Å²) < 4.78 is 0. The molecule has 0 aromatic heterocycles. The molecule has 1 aliphatic rings. The van der Waals surface area contributed by atoms with E-state index in [4.69, 9.17) is 5.84 Å². The lowest BCUT2D eigenvalue weighted by molar-refractivity contribution is 0.788. The standard InChI is InChI=1S/C9H20N4S2/c1-2-3-11-9(13-10)12-6-8-7-14-4-5-15-8/h8H,2-7,10H2,1H3,(H2,11,12,13). The predicted molar refractivity (Wildman–Crippen MR) is 71.5 cm³/mol. The minimum absolute atomic E-state index is 0.649. The first-order valence-electron chi connectivity index (χ1n) is 5.31. The molecule has 1 unspecified atom stereocenters. The lowest BCUT2D eigenvalue weighted by Gasteiger charge is -2.19. The highest BCUT2D eigenvalue weighted by Gasteiger charge is 2.13. The van der Waals surface area contributed by atoms with Gasteiger partial charge in [-0.05, 0) is 6.42 Å². The summed E-state index contributed by atoms with van der Waals surface area (Å²) in [5.41, 5.74) is 2.60. The molecule has 1 atom stereocenters. The molecule has 88 valence electrons. The fourth-order valence-electron chi connectivity index (χ4n) is 1.23. The van der Waals surface area contributed by atoms with Crippen molar-refractivity contribution in [3.05, 3.63) is 0 Å². The van der Waals surface area contributed by atoms with E-state index >= 15 is 0 Å². The van der Waals surface area contributed by atoms with Crippen LogP contribution in [0.5, 0.6) is 0 Å². The van der Waals surface area contributed by atoms with Gasteiger partial charge in [0.15, 0.2) is 0 Å². The van der Waals surface area contributed by atoms with E-state index in [0.29, 0.717) is 11.2 Å². The summed E-state index contributed by atoms with van der Waals surface area (Å²) in [5, 5.41) is 3.81. The second-order valence-electron chi connectivity index (χ2n) is 3.33. The first-order chi connectivity index (χ1) is 7.36. The average molecular weight is 248 g/mol. The van der Waals surface area contributed by atoms with E-state index in [9.17, 15) is 0 Å². The number of rotatable bonds is 4. The molecule has 1 rings (SSSR count). The Morgan fingerprint density at radius 3 is 3.00 bits per heavy atom. The second kappa shape index (κ2) is 8.13. The molecule has 0 saturated carbocycles. The maximum Gasteiger partial charge on any atom is 0.205 e. The van der Waals surface area contributed by atoms with E-state index in [1.165, 1.54) is 17.3 Å². The number of guanidine groups is 1. The Kier molecular flexibility index (Phi) is 7.04. The number of nitrogens with zero attached hydrogens (tertiary/aromatic N) is 1. The van der Waals surface area contributed by atoms with Crippen LogP contribution in [0.1, 0.15) is 13.3 Å². The minimum Gasteiger partial charge on any atom is -0.355 e. The third-order valence-electron chi connectivity index (χ3n) is 2.02. The van der Waals surface area contributed by atoms with Gasteiger partial charge in [0.25, 0.3) is 0 Å². The van der Waals surface area contributed by atoms with E-state index in [0.717, 1.165) is 19.5 Å². The molecule has 0 spiro atoms. The van der Waals surface area contributed by atoms with Gasteiger partial charge in [-0.2, -0.15) is 23.5 Å². The molecule has 1 fully saturated rings. The molecular formula is C9H20N4S2. The van der Waals surface area contributed by atoms with Crippen molar-refractivity contribution >= 4 is 29.5 Å². The number of thioether (sulfide) groups is 2. The molecule has 0 aromatic rings. The Morgan fingerprint density at radius 1 is 1.53 bits per heavy atom. The first-order valence-corrected chi connectivity index (χ1v) is 7.51. The van der Waals surface area contributed by atoms with Crippen LogP contribution in [0.4, 0.5) is 0 Å². The SMILES string of the molecule is CCCNC(=NCC1CSCCS1)NN. The lowest BCUT2D eigenvalue weighted by atomic mass is 10.5. The van der Waals surface area contributed by atoms with E-state index in [-0.39, 0.29) is 0 Å². The van der Waals surface area contributed by atoms with Crippen molar-refractivity contribution in [2.24, 2.45) is 10.8 Å². The normalized spacial score (nSPS) is 22.5. The van der Waals surface area contributed by atoms with Crippen molar-refractivity contribution in [3.8, 4) is 0 Å². The molecule has 15 heavy (non-hydrogen) atoms. The zero-order valence-corrected chi connectivity index (χ0v) is 10.8. The quantitative estimate of drug-likeness (QED) is 0.295. The number of aliphatic imine (C=N–C) groups is 1. The van der Waals surface area contributed by atoms with E-state index in [1.807, 2.05) is 23.5 Å². The molecule has 4 nitrogen and oxygen atoms in total. The Labute approximate surface area is 100 Å². The van der Waals surface area contributed by atoms with Crippen LogP contribution in [0.3, 0.4) is 0 Å². The molecule has 0 radical (unpaired) electrons. The Morgan fingerprint density at radius 2 is 2.40 bits per heavy atom. The Balaban J connectivity index is 2.25. The smallest absolute Gasteiger partial charge is 0.205 e. The van der Waals surface area contributed by atoms with E-state index in [1.54, 1.807) is 0 Å². The zero-order chi connectivity index (χ0) is 10.9. The van der Waals surface area contributed by atoms with Gasteiger partial charge >= 0.3 is 0 Å². The van der Waals surface area contributed by atoms with Crippen LogP contribution in [0.2, 0.25) is 0 Å². The van der Waals surface area contributed by atoms with Crippen LogP contribution in [-0.2, 0) is 0 Å². The van der Waals surface area contributed by atoms with Crippen molar-refractivity contribution in [2.75, 3.05) is 30.3 Å². The topological polar surface area (TPSA) is 62.4 Å². The molecule has 0 aromatic carbocycles. The molecule has 0 amide bonds. The summed E-state index contributed by atoms with van der Waals surface area (Å²) in [6.07, 6.45) is 1.08. The predicted octanol–water partition coefficient (Wildman–Crippen LogP) is 0.654. The van der Waals surface area contributed by atoms with Gasteiger partial charge in [-0.1, -0.05) is 6.92 Å². The molecular weight excluding hydrogens is 228 g/mol. The third-order valence-corrected chi connectivity index (χ3v) is 4.84. The number of nitrogens with two attached hydrogens (primary N) is 1. The van der Waals surface area contributed by atoms with Crippen molar-refractivity contribution in [2.45, 2.75) is 18.6 Å². The minimum atomic E-state index is 0.649. The zero-order valence-electron chi connectivity index (χ0n) is 9.16. The monoisotopic (exact) mass is 248 g/mol. The molecule has 1 aliphatic heterocycles. The largest absolute Gasteiger partial charge is 0.355 e. The first kappa shape index (κ1) is 13.0. The molecule has 0 aliphatic carbocycles. The van der Waals surface area contributed by atoms with Gasteiger partial charge in [0.2, 0.25) is 5.96 Å². The highest BCUT2D eigenvalue weighted by atomic mass is 32.2. The maximum atomic E-state index is 5.37. The summed E-state index contributed by atoms with van der Waals surface area (Å²) in [6, 6.07) is 0. The van der Waals surface area contributed by atoms with Crippen LogP contribution < -0.4 is 16.6 Å². The third kappa shape index (κ3) is 5.53. The summed E-state index contributed by atoms with van der Waals surface area (Å²) in [7, 11) is 0. The van der Waals surface area contributed by atoms with Gasteiger partial charge in [0, 0.05) is 29.1 Å². The Bertz CT molecular complexity index is 193. The summed E-state index contributed by atoms with van der Waals surface area (Å²) >= 11 is 4.03. The van der Waals surface area contributed by atoms with E-state index in [2.05, 4.69) is 22.7 Å². The molecule has 1 saturated heterocycles. The van der Waals surface area contributed by atoms with Gasteiger partial charge in [0.1, 0.15) is 0 Å². The van der Waals surface area contributed by atoms with Crippen molar-refractivity contribution in [1.29, 1.82) is 0 Å². The van der Waals surface area contributed by atoms with Crippen LogP contribution in [0, 0.1) is 0 Å². The van der Waals surface area contributed by atoms with Gasteiger partial charge in [-0.25, -0.2) is 5.84 Å². The molecule has 4 N–H and O–H groups in total. The maximum absolute atomic E-state index is 5.37.